The molecule has 13 heteroatoms. The molecule has 1 atom stereocenters. The van der Waals surface area contributed by atoms with Crippen LogP contribution in [-0.2, 0) is 25.0 Å². The van der Waals surface area contributed by atoms with Crippen molar-refractivity contribution in [2.45, 2.75) is 39.2 Å². The molecular formula is C26H32F2N3O7P. The van der Waals surface area contributed by atoms with Gasteiger partial charge in [-0.05, 0) is 42.3 Å². The Bertz CT molecular complexity index is 1320. The molecule has 212 valence electrons. The Morgan fingerprint density at radius 1 is 1.13 bits per heavy atom. The fraction of sp³-hybridized carbons (Fsp3) is 0.346. The quantitative estimate of drug-likeness (QED) is 0.204. The number of phosphoric ester groups is 1. The van der Waals surface area contributed by atoms with Gasteiger partial charge in [-0.1, -0.05) is 43.8 Å². The van der Waals surface area contributed by atoms with Crippen LogP contribution in [0.1, 0.15) is 32.3 Å². The van der Waals surface area contributed by atoms with Crippen LogP contribution < -0.4 is 5.32 Å². The molecule has 0 saturated carbocycles. The van der Waals surface area contributed by atoms with E-state index >= 15 is 0 Å². The Balaban J connectivity index is 0.00000533. The standard InChI is InChI=1S/C25H28F2N3O7P.CH4/c1-30(23(31)12-11-17-8-4-10-21(26)24(17)27)20(9-5-13-37-38(33,34)35)16-36-25(32)29-22-14-18-6-2-3-7-19(18)15-28-22;/h2-4,6-8,10,14-15,20H,5,9,11-13,16H2,1H3,(H,28,29,32)(H2,33,34,35);1H4/t20-;/m1./s1. The van der Waals surface area contributed by atoms with Gasteiger partial charge < -0.3 is 19.4 Å². The molecule has 0 aliphatic heterocycles. The summed E-state index contributed by atoms with van der Waals surface area (Å²) in [5.41, 5.74) is 0.0526. The topological polar surface area (TPSA) is 138 Å². The molecule has 0 aliphatic carbocycles. The lowest BCUT2D eigenvalue weighted by molar-refractivity contribution is -0.133. The van der Waals surface area contributed by atoms with Crippen LogP contribution in [0.4, 0.5) is 19.4 Å². The number of phosphoric acid groups is 1. The molecule has 2 aromatic carbocycles. The average Bonchev–Trinajstić information content (AvgIpc) is 2.87. The zero-order valence-electron chi connectivity index (χ0n) is 20.5. The van der Waals surface area contributed by atoms with Crippen molar-refractivity contribution in [3.8, 4) is 0 Å². The molecule has 3 aromatic rings. The Labute approximate surface area is 225 Å². The molecule has 0 radical (unpaired) electrons. The number of anilines is 1. The van der Waals surface area contributed by atoms with E-state index in [4.69, 9.17) is 14.5 Å². The highest BCUT2D eigenvalue weighted by molar-refractivity contribution is 7.46. The minimum atomic E-state index is -4.66. The summed E-state index contributed by atoms with van der Waals surface area (Å²) in [7, 11) is -3.20. The molecule has 0 aliphatic rings. The first-order chi connectivity index (χ1) is 18.0. The molecule has 1 heterocycles. The van der Waals surface area contributed by atoms with Crippen molar-refractivity contribution in [1.29, 1.82) is 0 Å². The summed E-state index contributed by atoms with van der Waals surface area (Å²) in [6.45, 7) is -0.531. The van der Waals surface area contributed by atoms with Gasteiger partial charge in [0, 0.05) is 25.1 Å². The maximum absolute atomic E-state index is 13.9. The number of rotatable bonds is 12. The number of aryl methyl sites for hydroxylation is 1. The molecule has 10 nitrogen and oxygen atoms in total. The van der Waals surface area contributed by atoms with Crippen LogP contribution in [0.5, 0.6) is 0 Å². The van der Waals surface area contributed by atoms with E-state index in [2.05, 4.69) is 14.8 Å². The van der Waals surface area contributed by atoms with Crippen molar-refractivity contribution in [3.05, 3.63) is 71.9 Å². The molecule has 0 spiro atoms. The molecule has 0 unspecified atom stereocenters. The molecule has 2 amide bonds. The summed E-state index contributed by atoms with van der Waals surface area (Å²) < 4.78 is 48.1. The second-order valence-corrected chi connectivity index (χ2v) is 9.72. The zero-order chi connectivity index (χ0) is 27.7. The number of pyridine rings is 1. The maximum Gasteiger partial charge on any atom is 0.469 e. The van der Waals surface area contributed by atoms with Gasteiger partial charge in [0.05, 0.1) is 12.6 Å². The smallest absolute Gasteiger partial charge is 0.447 e. The van der Waals surface area contributed by atoms with E-state index in [1.54, 1.807) is 12.3 Å². The predicted molar refractivity (Wildman–Crippen MR) is 142 cm³/mol. The Morgan fingerprint density at radius 2 is 1.85 bits per heavy atom. The number of fused-ring (bicyclic) bond motifs is 1. The number of nitrogens with zero attached hydrogens (tertiary/aromatic N) is 2. The third-order valence-electron chi connectivity index (χ3n) is 5.79. The average molecular weight is 568 g/mol. The second-order valence-electron chi connectivity index (χ2n) is 8.48. The van der Waals surface area contributed by atoms with Gasteiger partial charge in [0.1, 0.15) is 12.4 Å². The van der Waals surface area contributed by atoms with Crippen molar-refractivity contribution in [3.63, 3.8) is 0 Å². The SMILES string of the molecule is C.CN(C(=O)CCc1cccc(F)c1F)[C@H](CCCOP(=O)(O)O)COC(=O)Nc1cc2ccccc2cn1. The van der Waals surface area contributed by atoms with Gasteiger partial charge in [0.25, 0.3) is 0 Å². The number of aromatic nitrogens is 1. The van der Waals surface area contributed by atoms with Crippen LogP contribution in [0.15, 0.2) is 54.7 Å². The van der Waals surface area contributed by atoms with Gasteiger partial charge in [0.2, 0.25) is 5.91 Å². The molecule has 3 N–H and O–H groups in total. The molecule has 0 saturated heterocycles. The molecule has 0 fully saturated rings. The van der Waals surface area contributed by atoms with E-state index in [9.17, 15) is 22.9 Å². The van der Waals surface area contributed by atoms with Crippen LogP contribution in [-0.4, -0.2) is 58.0 Å². The highest BCUT2D eigenvalue weighted by Crippen LogP contribution is 2.35. The lowest BCUT2D eigenvalue weighted by atomic mass is 10.1. The molecular weight excluding hydrogens is 535 g/mol. The van der Waals surface area contributed by atoms with Gasteiger partial charge in [-0.3, -0.25) is 14.6 Å². The van der Waals surface area contributed by atoms with Crippen LogP contribution in [0.3, 0.4) is 0 Å². The predicted octanol–water partition coefficient (Wildman–Crippen LogP) is 5.05. The number of nitrogens with one attached hydrogen (secondary N) is 1. The van der Waals surface area contributed by atoms with Gasteiger partial charge >= 0.3 is 13.9 Å². The number of hydrogen-bond donors (Lipinski definition) is 3. The van der Waals surface area contributed by atoms with E-state index in [0.29, 0.717) is 0 Å². The van der Waals surface area contributed by atoms with Crippen molar-refractivity contribution in [2.24, 2.45) is 0 Å². The third-order valence-corrected chi connectivity index (χ3v) is 6.31. The number of likely N-dealkylation sites (N-methyl/N-ethyl adjacent to an activating group) is 1. The molecule has 1 aromatic heterocycles. The summed E-state index contributed by atoms with van der Waals surface area (Å²) in [5, 5.41) is 4.28. The van der Waals surface area contributed by atoms with Crippen molar-refractivity contribution in [2.75, 3.05) is 25.6 Å². The minimum absolute atomic E-state index is 0. The fourth-order valence-electron chi connectivity index (χ4n) is 3.72. The zero-order valence-corrected chi connectivity index (χ0v) is 21.4. The van der Waals surface area contributed by atoms with Crippen molar-refractivity contribution in [1.82, 2.24) is 9.88 Å². The summed E-state index contributed by atoms with van der Waals surface area (Å²) in [5.74, 6) is -2.18. The van der Waals surface area contributed by atoms with E-state index in [0.717, 1.165) is 16.8 Å². The summed E-state index contributed by atoms with van der Waals surface area (Å²) in [4.78, 5) is 48.4. The van der Waals surface area contributed by atoms with Gasteiger partial charge in [-0.15, -0.1) is 0 Å². The first-order valence-electron chi connectivity index (χ1n) is 11.7. The fourth-order valence-corrected chi connectivity index (χ4v) is 4.09. The monoisotopic (exact) mass is 567 g/mol. The summed E-state index contributed by atoms with van der Waals surface area (Å²) in [6.07, 6.45) is 0.922. The van der Waals surface area contributed by atoms with Crippen molar-refractivity contribution < 1.29 is 42.0 Å². The van der Waals surface area contributed by atoms with Crippen LogP contribution in [0.2, 0.25) is 0 Å². The Morgan fingerprint density at radius 3 is 2.56 bits per heavy atom. The third kappa shape index (κ3) is 9.99. The number of ether oxygens (including phenoxy) is 1. The number of amides is 2. The lowest BCUT2D eigenvalue weighted by Crippen LogP contribution is -2.41. The summed E-state index contributed by atoms with van der Waals surface area (Å²) >= 11 is 0. The van der Waals surface area contributed by atoms with Gasteiger partial charge in [-0.2, -0.15) is 0 Å². The van der Waals surface area contributed by atoms with Crippen LogP contribution >= 0.6 is 7.82 Å². The maximum atomic E-state index is 13.9. The lowest BCUT2D eigenvalue weighted by Gasteiger charge is -2.28. The van der Waals surface area contributed by atoms with E-state index in [1.165, 1.54) is 24.1 Å². The van der Waals surface area contributed by atoms with Crippen LogP contribution in [0.25, 0.3) is 10.8 Å². The number of carbonyl (C=O) groups excluding carboxylic acids is 2. The van der Waals surface area contributed by atoms with Gasteiger partial charge in [-0.25, -0.2) is 23.1 Å². The largest absolute Gasteiger partial charge is 0.469 e. The molecule has 3 rings (SSSR count). The van der Waals surface area contributed by atoms with Crippen LogP contribution in [0, 0.1) is 11.6 Å². The van der Waals surface area contributed by atoms with Gasteiger partial charge in [0.15, 0.2) is 11.6 Å². The molecule has 0 bridgehead atoms. The van der Waals surface area contributed by atoms with E-state index < -0.39 is 37.5 Å². The van der Waals surface area contributed by atoms with Crippen molar-refractivity contribution >= 4 is 36.4 Å². The highest BCUT2D eigenvalue weighted by atomic mass is 31.2. The highest BCUT2D eigenvalue weighted by Gasteiger charge is 2.23. The number of hydrogen-bond acceptors (Lipinski definition) is 6. The second kappa shape index (κ2) is 14.6. The molecule has 39 heavy (non-hydrogen) atoms. The number of carbonyl (C=O) groups is 2. The normalized spacial score (nSPS) is 11.9. The first kappa shape index (κ1) is 31.8. The number of benzene rings is 2. The Kier molecular flexibility index (Phi) is 11.9. The Hall–Kier alpha value is -3.44. The minimum Gasteiger partial charge on any atom is -0.447 e. The summed E-state index contributed by atoms with van der Waals surface area (Å²) in [6, 6.07) is 12.2. The van der Waals surface area contributed by atoms with E-state index in [-0.39, 0.29) is 57.7 Å². The number of halogens is 2. The van der Waals surface area contributed by atoms with E-state index in [1.807, 2.05) is 24.3 Å². The first-order valence-corrected chi connectivity index (χ1v) is 13.2.